The summed E-state index contributed by atoms with van der Waals surface area (Å²) in [5.41, 5.74) is 2.32. The van der Waals surface area contributed by atoms with Crippen molar-refractivity contribution in [2.24, 2.45) is 0 Å². The minimum absolute atomic E-state index is 0.0781. The Morgan fingerprint density at radius 2 is 1.73 bits per heavy atom. The van der Waals surface area contributed by atoms with E-state index in [2.05, 4.69) is 6.07 Å². The van der Waals surface area contributed by atoms with Gasteiger partial charge in [-0.25, -0.2) is 8.42 Å². The predicted octanol–water partition coefficient (Wildman–Crippen LogP) is 2.99. The van der Waals surface area contributed by atoms with Gasteiger partial charge in [0.05, 0.1) is 28.0 Å². The smallest absolute Gasteiger partial charge is 0.180 e. The van der Waals surface area contributed by atoms with Crippen molar-refractivity contribution in [2.75, 3.05) is 17.7 Å². The molecule has 0 aliphatic heterocycles. The van der Waals surface area contributed by atoms with Crippen molar-refractivity contribution in [3.63, 3.8) is 0 Å². The van der Waals surface area contributed by atoms with Crippen LogP contribution in [0.1, 0.15) is 18.1 Å². The van der Waals surface area contributed by atoms with Crippen LogP contribution in [-0.4, -0.2) is 21.2 Å². The van der Waals surface area contributed by atoms with Crippen molar-refractivity contribution >= 4 is 15.5 Å². The topological polar surface area (TPSA) is 61.2 Å². The number of hydrogen-bond donors (Lipinski definition) is 0. The summed E-state index contributed by atoms with van der Waals surface area (Å²) < 4.78 is 24.4. The van der Waals surface area contributed by atoms with E-state index in [1.165, 1.54) is 0 Å². The fourth-order valence-corrected chi connectivity index (χ4v) is 3.37. The lowest BCUT2D eigenvalue weighted by Gasteiger charge is -2.22. The third-order valence-electron chi connectivity index (χ3n) is 3.49. The summed E-state index contributed by atoms with van der Waals surface area (Å²) >= 11 is 0. The molecule has 0 N–H and O–H groups in total. The van der Waals surface area contributed by atoms with Gasteiger partial charge in [-0.2, -0.15) is 5.26 Å². The van der Waals surface area contributed by atoms with Gasteiger partial charge in [0, 0.05) is 13.6 Å². The van der Waals surface area contributed by atoms with Gasteiger partial charge in [-0.15, -0.1) is 0 Å². The second-order valence-corrected chi connectivity index (χ2v) is 7.28. The van der Waals surface area contributed by atoms with Gasteiger partial charge >= 0.3 is 0 Å². The van der Waals surface area contributed by atoms with Crippen molar-refractivity contribution < 1.29 is 8.42 Å². The molecule has 22 heavy (non-hydrogen) atoms. The summed E-state index contributed by atoms with van der Waals surface area (Å²) in [6, 6.07) is 16.4. The number of anilines is 1. The molecule has 0 aliphatic rings. The van der Waals surface area contributed by atoms with Gasteiger partial charge in [0.15, 0.2) is 9.84 Å². The van der Waals surface area contributed by atoms with Crippen LogP contribution in [-0.2, 0) is 16.4 Å². The van der Waals surface area contributed by atoms with E-state index in [4.69, 9.17) is 5.26 Å². The summed E-state index contributed by atoms with van der Waals surface area (Å²) in [5.74, 6) is 0.0781. The molecular formula is C17H18N2O2S. The number of rotatable bonds is 5. The number of sulfone groups is 1. The quantitative estimate of drug-likeness (QED) is 0.851. The van der Waals surface area contributed by atoms with Crippen LogP contribution in [0.2, 0.25) is 0 Å². The molecule has 0 bridgehead atoms. The van der Waals surface area contributed by atoms with Gasteiger partial charge in [-0.05, 0) is 29.8 Å². The van der Waals surface area contributed by atoms with E-state index >= 15 is 0 Å². The zero-order chi connectivity index (χ0) is 16.2. The minimum Gasteiger partial charge on any atom is -0.369 e. The highest BCUT2D eigenvalue weighted by Crippen LogP contribution is 2.26. The molecule has 2 aromatic carbocycles. The summed E-state index contributed by atoms with van der Waals surface area (Å²) in [6.07, 6.45) is 0. The standard InChI is InChI=1S/C17H18N2O2S/c1-3-22(20,21)17-7-5-4-6-16(17)19(2)13-15-10-8-14(12-18)9-11-15/h4-11H,3,13H2,1-2H3. The van der Waals surface area contributed by atoms with Crippen molar-refractivity contribution in [2.45, 2.75) is 18.4 Å². The molecule has 4 nitrogen and oxygen atoms in total. The van der Waals surface area contributed by atoms with Crippen LogP contribution in [0.4, 0.5) is 5.69 Å². The molecule has 0 aromatic heterocycles. The van der Waals surface area contributed by atoms with Gasteiger partial charge in [-0.1, -0.05) is 31.2 Å². The SMILES string of the molecule is CCS(=O)(=O)c1ccccc1N(C)Cc1ccc(C#N)cc1. The van der Waals surface area contributed by atoms with Crippen molar-refractivity contribution in [3.05, 3.63) is 59.7 Å². The van der Waals surface area contributed by atoms with Crippen molar-refractivity contribution in [1.29, 1.82) is 5.26 Å². The largest absolute Gasteiger partial charge is 0.369 e. The van der Waals surface area contributed by atoms with Gasteiger partial charge in [-0.3, -0.25) is 0 Å². The van der Waals surface area contributed by atoms with Crippen LogP contribution >= 0.6 is 0 Å². The maximum atomic E-state index is 12.2. The highest BCUT2D eigenvalue weighted by atomic mass is 32.2. The maximum Gasteiger partial charge on any atom is 0.180 e. The fraction of sp³-hybridized carbons (Fsp3) is 0.235. The minimum atomic E-state index is -3.26. The maximum absolute atomic E-state index is 12.2. The highest BCUT2D eigenvalue weighted by molar-refractivity contribution is 7.91. The molecule has 0 atom stereocenters. The third kappa shape index (κ3) is 3.46. The highest BCUT2D eigenvalue weighted by Gasteiger charge is 2.18. The van der Waals surface area contributed by atoms with E-state index in [9.17, 15) is 8.42 Å². The molecule has 114 valence electrons. The summed E-state index contributed by atoms with van der Waals surface area (Å²) in [7, 11) is -1.40. The number of benzene rings is 2. The van der Waals surface area contributed by atoms with E-state index in [1.54, 1.807) is 31.2 Å². The average Bonchev–Trinajstić information content (AvgIpc) is 2.55. The monoisotopic (exact) mass is 314 g/mol. The lowest BCUT2D eigenvalue weighted by Crippen LogP contribution is -2.19. The lowest BCUT2D eigenvalue weighted by molar-refractivity contribution is 0.597. The molecule has 0 amide bonds. The Morgan fingerprint density at radius 3 is 2.32 bits per heavy atom. The lowest BCUT2D eigenvalue weighted by atomic mass is 10.1. The van der Waals surface area contributed by atoms with Gasteiger partial charge in [0.1, 0.15) is 0 Å². The van der Waals surface area contributed by atoms with Crippen LogP contribution in [0.25, 0.3) is 0 Å². The Bertz CT molecular complexity index is 790. The Hall–Kier alpha value is -2.32. The van der Waals surface area contributed by atoms with Crippen molar-refractivity contribution in [3.8, 4) is 6.07 Å². The number of hydrogen-bond acceptors (Lipinski definition) is 4. The zero-order valence-electron chi connectivity index (χ0n) is 12.7. The molecule has 0 radical (unpaired) electrons. The van der Waals surface area contributed by atoms with Crippen LogP contribution in [0, 0.1) is 11.3 Å². The van der Waals surface area contributed by atoms with E-state index in [0.717, 1.165) is 5.56 Å². The molecule has 0 unspecified atom stereocenters. The van der Waals surface area contributed by atoms with Crippen molar-refractivity contribution in [1.82, 2.24) is 0 Å². The molecule has 0 saturated carbocycles. The second-order valence-electron chi connectivity index (χ2n) is 5.04. The first-order chi connectivity index (χ1) is 10.5. The number of nitriles is 1. The Kier molecular flexibility index (Phi) is 4.84. The summed E-state index contributed by atoms with van der Waals surface area (Å²) in [4.78, 5) is 2.26. The van der Waals surface area contributed by atoms with E-state index in [-0.39, 0.29) is 5.75 Å². The second kappa shape index (κ2) is 6.63. The third-order valence-corrected chi connectivity index (χ3v) is 5.27. The molecule has 0 aliphatic carbocycles. The Morgan fingerprint density at radius 1 is 1.09 bits per heavy atom. The molecule has 0 fully saturated rings. The van der Waals surface area contributed by atoms with Gasteiger partial charge < -0.3 is 4.90 Å². The van der Waals surface area contributed by atoms with E-state index in [0.29, 0.717) is 22.7 Å². The first-order valence-corrected chi connectivity index (χ1v) is 8.65. The summed E-state index contributed by atoms with van der Waals surface area (Å²) in [5, 5.41) is 8.81. The Labute approximate surface area is 131 Å². The van der Waals surface area contributed by atoms with Gasteiger partial charge in [0.25, 0.3) is 0 Å². The van der Waals surface area contributed by atoms with Gasteiger partial charge in [0.2, 0.25) is 0 Å². The average molecular weight is 314 g/mol. The molecule has 2 aromatic rings. The van der Waals surface area contributed by atoms with Crippen LogP contribution < -0.4 is 4.90 Å². The normalized spacial score (nSPS) is 11.0. The van der Waals surface area contributed by atoms with Crippen LogP contribution in [0.3, 0.4) is 0 Å². The molecular weight excluding hydrogens is 296 g/mol. The Balaban J connectivity index is 2.30. The fourth-order valence-electron chi connectivity index (χ4n) is 2.23. The molecule has 2 rings (SSSR count). The van der Waals surface area contributed by atoms with E-state index in [1.807, 2.05) is 36.2 Å². The summed E-state index contributed by atoms with van der Waals surface area (Å²) in [6.45, 7) is 2.22. The zero-order valence-corrected chi connectivity index (χ0v) is 13.5. The van der Waals surface area contributed by atoms with E-state index < -0.39 is 9.84 Å². The number of nitrogens with zero attached hydrogens (tertiary/aromatic N) is 2. The first kappa shape index (κ1) is 16.1. The number of para-hydroxylation sites is 1. The van der Waals surface area contributed by atoms with Crippen LogP contribution in [0.5, 0.6) is 0 Å². The molecule has 0 saturated heterocycles. The molecule has 0 heterocycles. The predicted molar refractivity (Wildman–Crippen MR) is 87.4 cm³/mol. The molecule has 0 spiro atoms. The molecule has 5 heteroatoms. The van der Waals surface area contributed by atoms with Crippen LogP contribution in [0.15, 0.2) is 53.4 Å². The first-order valence-electron chi connectivity index (χ1n) is 7.00.